The van der Waals surface area contributed by atoms with Crippen molar-refractivity contribution in [3.05, 3.63) is 35.1 Å². The fourth-order valence-corrected chi connectivity index (χ4v) is 2.50. The zero-order valence-corrected chi connectivity index (χ0v) is 10.1. The van der Waals surface area contributed by atoms with Crippen molar-refractivity contribution >= 4 is 0 Å². The molecule has 0 radical (unpaired) electrons. The lowest BCUT2D eigenvalue weighted by molar-refractivity contribution is 0.318. The van der Waals surface area contributed by atoms with Gasteiger partial charge in [0.15, 0.2) is 0 Å². The number of piperidine rings is 1. The molecular formula is C14H20FN. The number of hydrogen-bond donors (Lipinski definition) is 1. The number of benzene rings is 1. The zero-order chi connectivity index (χ0) is 11.5. The van der Waals surface area contributed by atoms with Crippen LogP contribution in [-0.4, -0.2) is 12.6 Å². The SMILES string of the molecule is Cc1ccc(F)cc1CC1CC(C)CCN1. The van der Waals surface area contributed by atoms with Crippen molar-refractivity contribution in [3.63, 3.8) is 0 Å². The monoisotopic (exact) mass is 221 g/mol. The van der Waals surface area contributed by atoms with Crippen LogP contribution in [0.25, 0.3) is 0 Å². The number of aryl methyl sites for hydroxylation is 1. The second-order valence-corrected chi connectivity index (χ2v) is 5.06. The molecule has 0 aliphatic carbocycles. The predicted molar refractivity (Wildman–Crippen MR) is 65.0 cm³/mol. The Bertz CT molecular complexity index is 362. The van der Waals surface area contributed by atoms with Crippen molar-refractivity contribution in [2.75, 3.05) is 6.54 Å². The van der Waals surface area contributed by atoms with Crippen LogP contribution in [0.1, 0.15) is 30.9 Å². The highest BCUT2D eigenvalue weighted by atomic mass is 19.1. The summed E-state index contributed by atoms with van der Waals surface area (Å²) in [6, 6.07) is 5.60. The molecule has 16 heavy (non-hydrogen) atoms. The first kappa shape index (κ1) is 11.6. The van der Waals surface area contributed by atoms with Gasteiger partial charge >= 0.3 is 0 Å². The Labute approximate surface area is 97.1 Å². The van der Waals surface area contributed by atoms with Gasteiger partial charge in [-0.1, -0.05) is 13.0 Å². The molecule has 88 valence electrons. The molecule has 1 aliphatic heterocycles. The molecule has 2 rings (SSSR count). The van der Waals surface area contributed by atoms with Gasteiger partial charge in [0.05, 0.1) is 0 Å². The molecule has 1 N–H and O–H groups in total. The summed E-state index contributed by atoms with van der Waals surface area (Å²) >= 11 is 0. The van der Waals surface area contributed by atoms with Crippen LogP contribution < -0.4 is 5.32 Å². The van der Waals surface area contributed by atoms with Gasteiger partial charge in [-0.3, -0.25) is 0 Å². The first-order valence-corrected chi connectivity index (χ1v) is 6.13. The Hall–Kier alpha value is -0.890. The van der Waals surface area contributed by atoms with E-state index in [4.69, 9.17) is 0 Å². The van der Waals surface area contributed by atoms with Crippen molar-refractivity contribution in [2.24, 2.45) is 5.92 Å². The van der Waals surface area contributed by atoms with E-state index in [1.807, 2.05) is 6.07 Å². The van der Waals surface area contributed by atoms with Crippen LogP contribution in [0.4, 0.5) is 4.39 Å². The minimum atomic E-state index is -0.121. The van der Waals surface area contributed by atoms with Gasteiger partial charge < -0.3 is 5.32 Å². The second kappa shape index (κ2) is 4.96. The van der Waals surface area contributed by atoms with Crippen LogP contribution in [-0.2, 0) is 6.42 Å². The van der Waals surface area contributed by atoms with E-state index in [1.165, 1.54) is 24.5 Å². The molecule has 1 fully saturated rings. The summed E-state index contributed by atoms with van der Waals surface area (Å²) in [6.07, 6.45) is 3.42. The molecule has 1 saturated heterocycles. The third kappa shape index (κ3) is 2.82. The molecule has 0 spiro atoms. The van der Waals surface area contributed by atoms with Crippen LogP contribution in [0.3, 0.4) is 0 Å². The second-order valence-electron chi connectivity index (χ2n) is 5.06. The highest BCUT2D eigenvalue weighted by Gasteiger charge is 2.19. The number of rotatable bonds is 2. The van der Waals surface area contributed by atoms with Gasteiger partial charge in [0.25, 0.3) is 0 Å². The normalized spacial score (nSPS) is 25.7. The van der Waals surface area contributed by atoms with Crippen LogP contribution in [0, 0.1) is 18.7 Å². The van der Waals surface area contributed by atoms with Crippen LogP contribution in [0.2, 0.25) is 0 Å². The first-order chi connectivity index (χ1) is 7.65. The fraction of sp³-hybridized carbons (Fsp3) is 0.571. The smallest absolute Gasteiger partial charge is 0.123 e. The standard InChI is InChI=1S/C14H20FN/c1-10-5-6-16-14(7-10)9-12-8-13(15)4-3-11(12)2/h3-4,8,10,14,16H,5-7,9H2,1-2H3. The number of halogens is 1. The van der Waals surface area contributed by atoms with E-state index in [2.05, 4.69) is 19.2 Å². The van der Waals surface area contributed by atoms with Crippen molar-refractivity contribution < 1.29 is 4.39 Å². The summed E-state index contributed by atoms with van der Waals surface area (Å²) in [6.45, 7) is 5.45. The zero-order valence-electron chi connectivity index (χ0n) is 10.1. The van der Waals surface area contributed by atoms with Gasteiger partial charge in [0.2, 0.25) is 0 Å². The Balaban J connectivity index is 2.05. The van der Waals surface area contributed by atoms with E-state index < -0.39 is 0 Å². The van der Waals surface area contributed by atoms with Gasteiger partial charge in [-0.2, -0.15) is 0 Å². The van der Waals surface area contributed by atoms with E-state index in [1.54, 1.807) is 6.07 Å². The quantitative estimate of drug-likeness (QED) is 0.809. The Kier molecular flexibility index (Phi) is 3.59. The highest BCUT2D eigenvalue weighted by Crippen LogP contribution is 2.20. The Morgan fingerprint density at radius 3 is 3.00 bits per heavy atom. The first-order valence-electron chi connectivity index (χ1n) is 6.13. The lowest BCUT2D eigenvalue weighted by Crippen LogP contribution is -2.38. The van der Waals surface area contributed by atoms with Crippen molar-refractivity contribution in [1.29, 1.82) is 0 Å². The molecule has 1 aromatic rings. The summed E-state index contributed by atoms with van der Waals surface area (Å²) in [7, 11) is 0. The lowest BCUT2D eigenvalue weighted by atomic mass is 9.89. The molecule has 1 nitrogen and oxygen atoms in total. The number of nitrogens with one attached hydrogen (secondary N) is 1. The average molecular weight is 221 g/mol. The molecule has 1 aliphatic rings. The molecule has 2 heteroatoms. The van der Waals surface area contributed by atoms with Gasteiger partial charge in [0, 0.05) is 6.04 Å². The van der Waals surface area contributed by atoms with Crippen LogP contribution in [0.15, 0.2) is 18.2 Å². The topological polar surface area (TPSA) is 12.0 Å². The largest absolute Gasteiger partial charge is 0.314 e. The maximum absolute atomic E-state index is 13.2. The summed E-state index contributed by atoms with van der Waals surface area (Å²) in [5.41, 5.74) is 2.34. The van der Waals surface area contributed by atoms with Gasteiger partial charge in [-0.25, -0.2) is 4.39 Å². The summed E-state index contributed by atoms with van der Waals surface area (Å²) < 4.78 is 13.2. The van der Waals surface area contributed by atoms with E-state index in [0.717, 1.165) is 24.4 Å². The molecule has 0 aromatic heterocycles. The summed E-state index contributed by atoms with van der Waals surface area (Å²) in [5.74, 6) is 0.671. The summed E-state index contributed by atoms with van der Waals surface area (Å²) in [4.78, 5) is 0. The molecule has 0 bridgehead atoms. The Morgan fingerprint density at radius 1 is 1.44 bits per heavy atom. The fourth-order valence-electron chi connectivity index (χ4n) is 2.50. The molecule has 1 aromatic carbocycles. The summed E-state index contributed by atoms with van der Waals surface area (Å²) in [5, 5.41) is 3.52. The lowest BCUT2D eigenvalue weighted by Gasteiger charge is -2.28. The third-order valence-electron chi connectivity index (χ3n) is 3.53. The van der Waals surface area contributed by atoms with Gasteiger partial charge in [-0.05, 0) is 61.9 Å². The van der Waals surface area contributed by atoms with Crippen LogP contribution in [0.5, 0.6) is 0 Å². The van der Waals surface area contributed by atoms with Crippen molar-refractivity contribution in [1.82, 2.24) is 5.32 Å². The maximum atomic E-state index is 13.2. The maximum Gasteiger partial charge on any atom is 0.123 e. The minimum Gasteiger partial charge on any atom is -0.314 e. The predicted octanol–water partition coefficient (Wildman–Crippen LogP) is 3.06. The van der Waals surface area contributed by atoms with E-state index >= 15 is 0 Å². The highest BCUT2D eigenvalue weighted by molar-refractivity contribution is 5.27. The van der Waals surface area contributed by atoms with E-state index in [0.29, 0.717) is 6.04 Å². The molecule has 0 saturated carbocycles. The molecule has 2 atom stereocenters. The minimum absolute atomic E-state index is 0.121. The molecule has 1 heterocycles. The molecule has 0 amide bonds. The number of hydrogen-bond acceptors (Lipinski definition) is 1. The Morgan fingerprint density at radius 2 is 2.25 bits per heavy atom. The van der Waals surface area contributed by atoms with E-state index in [-0.39, 0.29) is 5.82 Å². The van der Waals surface area contributed by atoms with Crippen molar-refractivity contribution in [2.45, 2.75) is 39.2 Å². The van der Waals surface area contributed by atoms with E-state index in [9.17, 15) is 4.39 Å². The third-order valence-corrected chi connectivity index (χ3v) is 3.53. The van der Waals surface area contributed by atoms with Gasteiger partial charge in [-0.15, -0.1) is 0 Å². The van der Waals surface area contributed by atoms with Crippen molar-refractivity contribution in [3.8, 4) is 0 Å². The molecular weight excluding hydrogens is 201 g/mol. The molecule has 2 unspecified atom stereocenters. The average Bonchev–Trinajstić information content (AvgIpc) is 2.24. The van der Waals surface area contributed by atoms with Crippen LogP contribution >= 0.6 is 0 Å². The van der Waals surface area contributed by atoms with Gasteiger partial charge in [0.1, 0.15) is 5.82 Å².